The third kappa shape index (κ3) is 5.12. The quantitative estimate of drug-likeness (QED) is 0.446. The van der Waals surface area contributed by atoms with Crippen molar-refractivity contribution in [2.24, 2.45) is 0 Å². The van der Waals surface area contributed by atoms with Gasteiger partial charge >= 0.3 is 5.97 Å². The number of piperidine rings is 1. The molecule has 0 aliphatic carbocycles. The fourth-order valence-electron chi connectivity index (χ4n) is 5.46. The number of nitrogens with zero attached hydrogens (tertiary/aromatic N) is 5. The molecule has 2 aliphatic heterocycles. The van der Waals surface area contributed by atoms with E-state index in [0.717, 1.165) is 67.0 Å². The van der Waals surface area contributed by atoms with E-state index in [4.69, 9.17) is 19.6 Å². The maximum atomic E-state index is 12.9. The predicted octanol–water partition coefficient (Wildman–Crippen LogP) is 4.42. The molecule has 2 aliphatic rings. The van der Waals surface area contributed by atoms with Crippen LogP contribution in [0.2, 0.25) is 0 Å². The zero-order chi connectivity index (χ0) is 26.8. The summed E-state index contributed by atoms with van der Waals surface area (Å²) >= 11 is 0. The Morgan fingerprint density at radius 2 is 1.76 bits per heavy atom. The Morgan fingerprint density at radius 1 is 1.08 bits per heavy atom. The van der Waals surface area contributed by atoms with Crippen LogP contribution in [-0.4, -0.2) is 77.5 Å². The highest BCUT2D eigenvalue weighted by molar-refractivity contribution is 6.00. The minimum absolute atomic E-state index is 0.0992. The van der Waals surface area contributed by atoms with Crippen molar-refractivity contribution in [2.45, 2.75) is 52.5 Å². The van der Waals surface area contributed by atoms with E-state index >= 15 is 0 Å². The molecule has 0 spiro atoms. The lowest BCUT2D eigenvalue weighted by Gasteiger charge is -2.31. The lowest BCUT2D eigenvalue weighted by molar-refractivity contribution is -0.130. The fraction of sp³-hybridized carbons (Fsp3) is 0.517. The largest absolute Gasteiger partial charge is 0.461 e. The van der Waals surface area contributed by atoms with Crippen LogP contribution >= 0.6 is 0 Å². The molecule has 0 bridgehead atoms. The summed E-state index contributed by atoms with van der Waals surface area (Å²) in [6.07, 6.45) is 1.59. The van der Waals surface area contributed by atoms with Gasteiger partial charge in [-0.25, -0.2) is 14.5 Å². The number of rotatable bonds is 6. The number of hydrogen-bond donors (Lipinski definition) is 0. The summed E-state index contributed by atoms with van der Waals surface area (Å²) in [7, 11) is 0. The molecule has 1 aromatic carbocycles. The number of hydrogen-bond acceptors (Lipinski definition) is 7. The van der Waals surface area contributed by atoms with Crippen LogP contribution in [-0.2, 0) is 14.3 Å². The summed E-state index contributed by atoms with van der Waals surface area (Å²) < 4.78 is 12.9. The molecule has 0 N–H and O–H groups in total. The van der Waals surface area contributed by atoms with Gasteiger partial charge < -0.3 is 19.3 Å². The molecule has 0 atom stereocenters. The first-order chi connectivity index (χ1) is 18.4. The van der Waals surface area contributed by atoms with Crippen molar-refractivity contribution in [2.75, 3.05) is 50.9 Å². The van der Waals surface area contributed by atoms with Gasteiger partial charge in [-0.3, -0.25) is 4.79 Å². The summed E-state index contributed by atoms with van der Waals surface area (Å²) in [4.78, 5) is 33.8. The highest BCUT2D eigenvalue weighted by atomic mass is 16.5. The first-order valence-corrected chi connectivity index (χ1v) is 13.7. The number of esters is 1. The van der Waals surface area contributed by atoms with Crippen LogP contribution in [0.15, 0.2) is 30.3 Å². The lowest BCUT2D eigenvalue weighted by Crippen LogP contribution is -2.38. The van der Waals surface area contributed by atoms with Crippen LogP contribution < -0.4 is 4.90 Å². The normalized spacial score (nSPS) is 16.9. The Labute approximate surface area is 223 Å². The second kappa shape index (κ2) is 11.1. The number of carbonyl (C=O) groups excluding carboxylic acids is 2. The lowest BCUT2D eigenvalue weighted by atomic mass is 9.97. The molecule has 2 saturated heterocycles. The van der Waals surface area contributed by atoms with Crippen LogP contribution in [0.4, 0.5) is 5.69 Å². The molecule has 4 heterocycles. The Hall–Kier alpha value is -3.46. The molecular weight excluding hydrogens is 482 g/mol. The average Bonchev–Trinajstić information content (AvgIpc) is 3.33. The van der Waals surface area contributed by atoms with E-state index in [1.807, 2.05) is 15.6 Å². The van der Waals surface area contributed by atoms with Gasteiger partial charge in [0.15, 0.2) is 11.3 Å². The van der Waals surface area contributed by atoms with Gasteiger partial charge in [-0.05, 0) is 55.0 Å². The number of pyridine rings is 1. The molecule has 0 saturated carbocycles. The molecule has 2 fully saturated rings. The summed E-state index contributed by atoms with van der Waals surface area (Å²) in [5, 5.41) is 6.06. The number of carbonyl (C=O) groups is 2. The first kappa shape index (κ1) is 26.2. The highest BCUT2D eigenvalue weighted by Crippen LogP contribution is 2.37. The number of likely N-dealkylation sites (tertiary alicyclic amines) is 1. The van der Waals surface area contributed by atoms with Gasteiger partial charge in [-0.15, -0.1) is 0 Å². The predicted molar refractivity (Wildman–Crippen MR) is 147 cm³/mol. The van der Waals surface area contributed by atoms with E-state index in [1.165, 1.54) is 0 Å². The molecule has 9 heteroatoms. The van der Waals surface area contributed by atoms with E-state index in [0.29, 0.717) is 18.7 Å². The van der Waals surface area contributed by atoms with Gasteiger partial charge in [0.1, 0.15) is 0 Å². The van der Waals surface area contributed by atoms with E-state index in [2.05, 4.69) is 43.0 Å². The second-order valence-corrected chi connectivity index (χ2v) is 10.3. The van der Waals surface area contributed by atoms with Crippen LogP contribution in [0.5, 0.6) is 0 Å². The number of morpholine rings is 1. The zero-order valence-electron chi connectivity index (χ0n) is 22.8. The Morgan fingerprint density at radius 3 is 2.37 bits per heavy atom. The number of aromatic nitrogens is 3. The van der Waals surface area contributed by atoms with Crippen LogP contribution in [0.1, 0.15) is 68.7 Å². The minimum atomic E-state index is -0.439. The van der Waals surface area contributed by atoms with E-state index < -0.39 is 5.97 Å². The smallest absolute Gasteiger partial charge is 0.357 e. The molecule has 5 rings (SSSR count). The molecular formula is C29H37N5O4. The molecule has 9 nitrogen and oxygen atoms in total. The zero-order valence-corrected chi connectivity index (χ0v) is 22.8. The van der Waals surface area contributed by atoms with Crippen molar-refractivity contribution in [1.29, 1.82) is 0 Å². The third-order valence-corrected chi connectivity index (χ3v) is 7.53. The Bertz CT molecular complexity index is 1300. The highest BCUT2D eigenvalue weighted by Gasteiger charge is 2.29. The first-order valence-electron chi connectivity index (χ1n) is 13.7. The molecule has 1 amide bonds. The van der Waals surface area contributed by atoms with E-state index in [9.17, 15) is 9.59 Å². The van der Waals surface area contributed by atoms with Crippen LogP contribution in [0, 0.1) is 0 Å². The van der Waals surface area contributed by atoms with Gasteiger partial charge in [-0.2, -0.15) is 5.10 Å². The van der Waals surface area contributed by atoms with Crippen molar-refractivity contribution in [3.63, 3.8) is 0 Å². The van der Waals surface area contributed by atoms with Gasteiger partial charge in [-0.1, -0.05) is 26.0 Å². The summed E-state index contributed by atoms with van der Waals surface area (Å²) in [5.41, 5.74) is 5.04. The maximum absolute atomic E-state index is 12.9. The monoisotopic (exact) mass is 519 g/mol. The Kier molecular flexibility index (Phi) is 7.65. The molecule has 202 valence electrons. The molecule has 0 radical (unpaired) electrons. The summed E-state index contributed by atoms with van der Waals surface area (Å²) in [6, 6.07) is 10.4. The van der Waals surface area contributed by atoms with Crippen molar-refractivity contribution in [3.05, 3.63) is 41.7 Å². The second-order valence-electron chi connectivity index (χ2n) is 10.3. The third-order valence-electron chi connectivity index (χ3n) is 7.53. The number of amides is 1. The maximum Gasteiger partial charge on any atom is 0.357 e. The van der Waals surface area contributed by atoms with E-state index in [1.54, 1.807) is 13.8 Å². The average molecular weight is 520 g/mol. The van der Waals surface area contributed by atoms with Crippen molar-refractivity contribution in [1.82, 2.24) is 19.7 Å². The number of anilines is 1. The topological polar surface area (TPSA) is 89.8 Å². The van der Waals surface area contributed by atoms with Gasteiger partial charge in [0.05, 0.1) is 36.9 Å². The molecule has 2 aromatic heterocycles. The standard InChI is InChI=1S/C29H37N5O4/c1-5-38-29(36)25-18-24(21-6-8-22(9-7-21)33-14-16-37-17-15-33)26-27(19(2)3)31-34(28(26)30-25)23-10-12-32(13-11-23)20(4)35/h6-9,18-19,23H,5,10-17H2,1-4H3. The van der Waals surface area contributed by atoms with Gasteiger partial charge in [0.2, 0.25) is 5.91 Å². The van der Waals surface area contributed by atoms with Crippen molar-refractivity contribution >= 4 is 28.6 Å². The van der Waals surface area contributed by atoms with Crippen molar-refractivity contribution < 1.29 is 19.1 Å². The van der Waals surface area contributed by atoms with Crippen LogP contribution in [0.25, 0.3) is 22.2 Å². The fourth-order valence-corrected chi connectivity index (χ4v) is 5.46. The number of fused-ring (bicyclic) bond motifs is 1. The molecule has 38 heavy (non-hydrogen) atoms. The Balaban J connectivity index is 1.62. The summed E-state index contributed by atoms with van der Waals surface area (Å²) in [6.45, 7) is 12.5. The SMILES string of the molecule is CCOC(=O)c1cc(-c2ccc(N3CCOCC3)cc2)c2c(C(C)C)nn(C3CCN(C(C)=O)CC3)c2n1. The molecule has 0 unspecified atom stereocenters. The summed E-state index contributed by atoms with van der Waals surface area (Å²) in [5.74, 6) is -0.175. The minimum Gasteiger partial charge on any atom is -0.461 e. The van der Waals surface area contributed by atoms with Crippen LogP contribution in [0.3, 0.4) is 0 Å². The van der Waals surface area contributed by atoms with Crippen molar-refractivity contribution in [3.8, 4) is 11.1 Å². The van der Waals surface area contributed by atoms with Gasteiger partial charge in [0.25, 0.3) is 0 Å². The number of benzene rings is 1. The number of ether oxygens (including phenoxy) is 2. The van der Waals surface area contributed by atoms with Gasteiger partial charge in [0, 0.05) is 38.8 Å². The molecule has 3 aromatic rings. The van der Waals surface area contributed by atoms with E-state index in [-0.39, 0.29) is 30.2 Å².